The van der Waals surface area contributed by atoms with Gasteiger partial charge in [-0.2, -0.15) is 0 Å². The van der Waals surface area contributed by atoms with Crippen LogP contribution in [0.4, 0.5) is 0 Å². The van der Waals surface area contributed by atoms with E-state index in [0.717, 1.165) is 16.5 Å². The molecule has 0 saturated carbocycles. The smallest absolute Gasteiger partial charge is 0.336 e. The molecule has 0 saturated heterocycles. The summed E-state index contributed by atoms with van der Waals surface area (Å²) in [6.07, 6.45) is 0. The first-order valence-electron chi connectivity index (χ1n) is 6.25. The Balaban J connectivity index is 2.38. The summed E-state index contributed by atoms with van der Waals surface area (Å²) in [6, 6.07) is 15.5. The Hall–Kier alpha value is -2.35. The minimum Gasteiger partial charge on any atom is -0.423 e. The van der Waals surface area contributed by atoms with Crippen LogP contribution in [0.25, 0.3) is 22.1 Å². The van der Waals surface area contributed by atoms with E-state index in [1.54, 1.807) is 6.07 Å². The minimum atomic E-state index is -0.312. The third-order valence-corrected chi connectivity index (χ3v) is 3.18. The molecule has 3 rings (SSSR count). The van der Waals surface area contributed by atoms with Crippen molar-refractivity contribution >= 4 is 11.0 Å². The Morgan fingerprint density at radius 2 is 1.58 bits per heavy atom. The second-order valence-corrected chi connectivity index (χ2v) is 4.85. The Labute approximate surface area is 111 Å². The van der Waals surface area contributed by atoms with Crippen molar-refractivity contribution < 1.29 is 4.42 Å². The summed E-state index contributed by atoms with van der Waals surface area (Å²) >= 11 is 0. The highest BCUT2D eigenvalue weighted by molar-refractivity contribution is 5.93. The van der Waals surface area contributed by atoms with Crippen LogP contribution in [0.3, 0.4) is 0 Å². The largest absolute Gasteiger partial charge is 0.423 e. The lowest BCUT2D eigenvalue weighted by Crippen LogP contribution is -1.98. The van der Waals surface area contributed by atoms with Gasteiger partial charge in [0, 0.05) is 11.5 Å². The molecule has 0 aliphatic heterocycles. The molecule has 1 aromatic heterocycles. The minimum absolute atomic E-state index is 0.312. The third-order valence-electron chi connectivity index (χ3n) is 3.18. The molecular weight excluding hydrogens is 236 g/mol. The van der Waals surface area contributed by atoms with Gasteiger partial charge in [0.1, 0.15) is 5.58 Å². The van der Waals surface area contributed by atoms with Crippen LogP contribution in [0.1, 0.15) is 11.1 Å². The Kier molecular flexibility index (Phi) is 2.71. The first kappa shape index (κ1) is 11.7. The van der Waals surface area contributed by atoms with E-state index in [-0.39, 0.29) is 5.63 Å². The van der Waals surface area contributed by atoms with Crippen molar-refractivity contribution in [1.82, 2.24) is 0 Å². The number of hydrogen-bond donors (Lipinski definition) is 0. The molecule has 3 aromatic rings. The van der Waals surface area contributed by atoms with Gasteiger partial charge in [0.25, 0.3) is 0 Å². The fraction of sp³-hybridized carbons (Fsp3) is 0.118. The van der Waals surface area contributed by atoms with Crippen LogP contribution < -0.4 is 5.63 Å². The van der Waals surface area contributed by atoms with E-state index in [2.05, 4.69) is 32.0 Å². The zero-order chi connectivity index (χ0) is 13.4. The number of rotatable bonds is 1. The fourth-order valence-corrected chi connectivity index (χ4v) is 2.48. The molecule has 2 nitrogen and oxygen atoms in total. The molecule has 0 bridgehead atoms. The topological polar surface area (TPSA) is 30.2 Å². The fourth-order valence-electron chi connectivity index (χ4n) is 2.48. The Morgan fingerprint density at radius 1 is 0.895 bits per heavy atom. The molecule has 0 unspecified atom stereocenters. The molecule has 0 aliphatic carbocycles. The van der Waals surface area contributed by atoms with Crippen LogP contribution in [0.15, 0.2) is 57.7 Å². The van der Waals surface area contributed by atoms with E-state index < -0.39 is 0 Å². The van der Waals surface area contributed by atoms with Crippen LogP contribution in [0.5, 0.6) is 0 Å². The number of hydrogen-bond acceptors (Lipinski definition) is 2. The summed E-state index contributed by atoms with van der Waals surface area (Å²) in [4.78, 5) is 11.7. The molecule has 0 fully saturated rings. The zero-order valence-electron chi connectivity index (χ0n) is 10.9. The van der Waals surface area contributed by atoms with Crippen molar-refractivity contribution in [1.29, 1.82) is 0 Å². The Morgan fingerprint density at radius 3 is 2.32 bits per heavy atom. The van der Waals surface area contributed by atoms with Gasteiger partial charge in [-0.05, 0) is 31.0 Å². The van der Waals surface area contributed by atoms with Gasteiger partial charge in [0.15, 0.2) is 0 Å². The molecule has 2 aromatic carbocycles. The maximum absolute atomic E-state index is 11.7. The van der Waals surface area contributed by atoms with Gasteiger partial charge in [-0.15, -0.1) is 0 Å². The van der Waals surface area contributed by atoms with Crippen LogP contribution in [0.2, 0.25) is 0 Å². The molecule has 0 N–H and O–H groups in total. The van der Waals surface area contributed by atoms with Crippen molar-refractivity contribution in [2.45, 2.75) is 13.8 Å². The number of fused-ring (bicyclic) bond motifs is 1. The zero-order valence-corrected chi connectivity index (χ0v) is 10.9. The van der Waals surface area contributed by atoms with Gasteiger partial charge >= 0.3 is 5.63 Å². The Bertz CT molecular complexity index is 793. The average molecular weight is 250 g/mol. The van der Waals surface area contributed by atoms with E-state index in [1.807, 2.05) is 24.3 Å². The maximum Gasteiger partial charge on any atom is 0.336 e. The molecule has 0 amide bonds. The molecule has 0 radical (unpaired) electrons. The lowest BCUT2D eigenvalue weighted by molar-refractivity contribution is 0.561. The molecule has 19 heavy (non-hydrogen) atoms. The van der Waals surface area contributed by atoms with Crippen LogP contribution >= 0.6 is 0 Å². The second kappa shape index (κ2) is 4.39. The van der Waals surface area contributed by atoms with Gasteiger partial charge in [0.05, 0.1) is 0 Å². The SMILES string of the molecule is Cc1cc(C)cc(-c2cc(=O)oc3ccccc23)c1. The lowest BCUT2D eigenvalue weighted by atomic mass is 9.98. The van der Waals surface area contributed by atoms with Crippen molar-refractivity contribution in [3.05, 3.63) is 70.1 Å². The number of benzene rings is 2. The van der Waals surface area contributed by atoms with E-state index in [9.17, 15) is 4.79 Å². The van der Waals surface area contributed by atoms with Gasteiger partial charge < -0.3 is 4.42 Å². The highest BCUT2D eigenvalue weighted by Crippen LogP contribution is 2.28. The maximum atomic E-state index is 11.7. The van der Waals surface area contributed by atoms with Crippen LogP contribution in [-0.2, 0) is 0 Å². The van der Waals surface area contributed by atoms with Gasteiger partial charge in [0.2, 0.25) is 0 Å². The molecular formula is C17H14O2. The molecule has 0 spiro atoms. The first-order chi connectivity index (χ1) is 9.13. The quantitative estimate of drug-likeness (QED) is 0.609. The van der Waals surface area contributed by atoms with E-state index in [0.29, 0.717) is 5.58 Å². The predicted octanol–water partition coefficient (Wildman–Crippen LogP) is 4.08. The van der Waals surface area contributed by atoms with E-state index in [4.69, 9.17) is 4.42 Å². The number of aryl methyl sites for hydroxylation is 2. The number of para-hydroxylation sites is 1. The van der Waals surface area contributed by atoms with Crippen molar-refractivity contribution in [3.63, 3.8) is 0 Å². The highest BCUT2D eigenvalue weighted by atomic mass is 16.4. The molecule has 94 valence electrons. The molecule has 2 heteroatoms. The highest BCUT2D eigenvalue weighted by Gasteiger charge is 2.07. The first-order valence-corrected chi connectivity index (χ1v) is 6.25. The van der Waals surface area contributed by atoms with E-state index in [1.165, 1.54) is 11.1 Å². The van der Waals surface area contributed by atoms with Crippen molar-refractivity contribution in [3.8, 4) is 11.1 Å². The van der Waals surface area contributed by atoms with Gasteiger partial charge in [-0.1, -0.05) is 47.5 Å². The second-order valence-electron chi connectivity index (χ2n) is 4.85. The predicted molar refractivity (Wildman–Crippen MR) is 77.4 cm³/mol. The molecule has 1 heterocycles. The van der Waals surface area contributed by atoms with Crippen LogP contribution in [-0.4, -0.2) is 0 Å². The summed E-state index contributed by atoms with van der Waals surface area (Å²) in [5.41, 5.74) is 4.68. The van der Waals surface area contributed by atoms with Gasteiger partial charge in [-0.3, -0.25) is 0 Å². The molecule has 0 aliphatic rings. The summed E-state index contributed by atoms with van der Waals surface area (Å²) < 4.78 is 5.23. The summed E-state index contributed by atoms with van der Waals surface area (Å²) in [5, 5.41) is 0.965. The average Bonchev–Trinajstić information content (AvgIpc) is 2.36. The normalized spacial score (nSPS) is 10.8. The third kappa shape index (κ3) is 2.17. The summed E-state index contributed by atoms with van der Waals surface area (Å²) in [5.74, 6) is 0. The summed E-state index contributed by atoms with van der Waals surface area (Å²) in [7, 11) is 0. The summed E-state index contributed by atoms with van der Waals surface area (Å²) in [6.45, 7) is 4.12. The van der Waals surface area contributed by atoms with Crippen molar-refractivity contribution in [2.24, 2.45) is 0 Å². The monoisotopic (exact) mass is 250 g/mol. The lowest BCUT2D eigenvalue weighted by Gasteiger charge is -2.07. The van der Waals surface area contributed by atoms with Crippen molar-refractivity contribution in [2.75, 3.05) is 0 Å². The van der Waals surface area contributed by atoms with E-state index >= 15 is 0 Å². The molecule has 0 atom stereocenters. The van der Waals surface area contributed by atoms with Gasteiger partial charge in [-0.25, -0.2) is 4.79 Å². The van der Waals surface area contributed by atoms with Crippen LogP contribution in [0, 0.1) is 13.8 Å². The standard InChI is InChI=1S/C17H14O2/c1-11-7-12(2)9-13(8-11)15-10-17(18)19-16-6-4-3-5-14(15)16/h3-10H,1-2H3.